The van der Waals surface area contributed by atoms with Crippen LogP contribution >= 0.6 is 15.9 Å². The Bertz CT molecular complexity index is 475. The third-order valence-corrected chi connectivity index (χ3v) is 3.59. The summed E-state index contributed by atoms with van der Waals surface area (Å²) in [6, 6.07) is 4.94. The fourth-order valence-corrected chi connectivity index (χ4v) is 2.37. The van der Waals surface area contributed by atoms with E-state index in [4.69, 9.17) is 4.74 Å². The zero-order valence-electron chi connectivity index (χ0n) is 10.3. The minimum Gasteiger partial charge on any atom is -0.386 e. The van der Waals surface area contributed by atoms with Gasteiger partial charge >= 0.3 is 0 Å². The first-order chi connectivity index (χ1) is 9.00. The van der Waals surface area contributed by atoms with E-state index in [1.54, 1.807) is 12.1 Å². The van der Waals surface area contributed by atoms with Crippen LogP contribution in [0, 0.1) is 10.1 Å². The van der Waals surface area contributed by atoms with Crippen LogP contribution in [0.3, 0.4) is 0 Å². The Morgan fingerprint density at radius 2 is 2.37 bits per heavy atom. The molecular formula is C12H15BrN2O4. The SMILES string of the molecule is O=[N+]([O-])c1cc(Br)ccc1CNCC1(O)CCOC1. The Morgan fingerprint density at radius 1 is 1.58 bits per heavy atom. The summed E-state index contributed by atoms with van der Waals surface area (Å²) in [7, 11) is 0. The van der Waals surface area contributed by atoms with Crippen LogP contribution in [0.5, 0.6) is 0 Å². The van der Waals surface area contributed by atoms with E-state index < -0.39 is 10.5 Å². The second-order valence-electron chi connectivity index (χ2n) is 4.66. The van der Waals surface area contributed by atoms with Gasteiger partial charge in [0, 0.05) is 42.2 Å². The Hall–Kier alpha value is -1.02. The molecule has 104 valence electrons. The first-order valence-corrected chi connectivity index (χ1v) is 6.73. The van der Waals surface area contributed by atoms with Crippen molar-refractivity contribution >= 4 is 21.6 Å². The van der Waals surface area contributed by atoms with E-state index in [2.05, 4.69) is 21.2 Å². The van der Waals surface area contributed by atoms with Crippen LogP contribution in [0.25, 0.3) is 0 Å². The van der Waals surface area contributed by atoms with Gasteiger partial charge in [-0.3, -0.25) is 10.1 Å². The summed E-state index contributed by atoms with van der Waals surface area (Å²) in [4.78, 5) is 10.5. The summed E-state index contributed by atoms with van der Waals surface area (Å²) in [5, 5.41) is 24.1. The van der Waals surface area contributed by atoms with Crippen molar-refractivity contribution in [1.82, 2.24) is 5.32 Å². The maximum Gasteiger partial charge on any atom is 0.275 e. The number of hydrogen-bond donors (Lipinski definition) is 2. The van der Waals surface area contributed by atoms with Crippen molar-refractivity contribution < 1.29 is 14.8 Å². The molecule has 1 aromatic rings. The average molecular weight is 331 g/mol. The molecule has 0 aromatic heterocycles. The smallest absolute Gasteiger partial charge is 0.275 e. The van der Waals surface area contributed by atoms with Crippen molar-refractivity contribution in [3.05, 3.63) is 38.3 Å². The molecule has 7 heteroatoms. The molecule has 1 heterocycles. The van der Waals surface area contributed by atoms with Crippen LogP contribution in [0.2, 0.25) is 0 Å². The second kappa shape index (κ2) is 5.96. The number of aliphatic hydroxyl groups is 1. The highest BCUT2D eigenvalue weighted by atomic mass is 79.9. The van der Waals surface area contributed by atoms with Crippen molar-refractivity contribution in [1.29, 1.82) is 0 Å². The summed E-state index contributed by atoms with van der Waals surface area (Å²) in [5.74, 6) is 0. The molecular weight excluding hydrogens is 316 g/mol. The number of hydrogen-bond acceptors (Lipinski definition) is 5. The first-order valence-electron chi connectivity index (χ1n) is 5.94. The summed E-state index contributed by atoms with van der Waals surface area (Å²) in [6.07, 6.45) is 0.586. The normalized spacial score (nSPS) is 22.6. The lowest BCUT2D eigenvalue weighted by Crippen LogP contribution is -2.40. The molecule has 6 nitrogen and oxygen atoms in total. The highest BCUT2D eigenvalue weighted by Crippen LogP contribution is 2.24. The lowest BCUT2D eigenvalue weighted by atomic mass is 10.0. The standard InChI is InChI=1S/C12H15BrN2O4/c13-10-2-1-9(11(5-10)15(17)18)6-14-7-12(16)3-4-19-8-12/h1-2,5,14,16H,3-4,6-8H2. The molecule has 1 saturated heterocycles. The molecule has 0 spiro atoms. The van der Waals surface area contributed by atoms with E-state index in [1.807, 2.05) is 0 Å². The van der Waals surface area contributed by atoms with E-state index >= 15 is 0 Å². The highest BCUT2D eigenvalue weighted by molar-refractivity contribution is 9.10. The van der Waals surface area contributed by atoms with Gasteiger partial charge in [0.05, 0.1) is 11.5 Å². The van der Waals surface area contributed by atoms with Crippen LogP contribution < -0.4 is 5.32 Å². The number of benzene rings is 1. The predicted octanol–water partition coefficient (Wildman–Crippen LogP) is 1.60. The number of nitro benzene ring substituents is 1. The fourth-order valence-electron chi connectivity index (χ4n) is 2.02. The van der Waals surface area contributed by atoms with Crippen LogP contribution in [0.1, 0.15) is 12.0 Å². The third-order valence-electron chi connectivity index (χ3n) is 3.10. The average Bonchev–Trinajstić information content (AvgIpc) is 2.78. The topological polar surface area (TPSA) is 84.6 Å². The third kappa shape index (κ3) is 3.73. The molecule has 0 amide bonds. The van der Waals surface area contributed by atoms with Gasteiger partial charge < -0.3 is 15.2 Å². The second-order valence-corrected chi connectivity index (χ2v) is 5.58. The van der Waals surface area contributed by atoms with Gasteiger partial charge in [-0.05, 0) is 12.1 Å². The van der Waals surface area contributed by atoms with E-state index in [0.29, 0.717) is 42.8 Å². The van der Waals surface area contributed by atoms with E-state index in [9.17, 15) is 15.2 Å². The molecule has 1 unspecified atom stereocenters. The van der Waals surface area contributed by atoms with Gasteiger partial charge in [-0.15, -0.1) is 0 Å². The molecule has 0 saturated carbocycles. The molecule has 19 heavy (non-hydrogen) atoms. The molecule has 1 aliphatic rings. The molecule has 0 bridgehead atoms. The zero-order chi connectivity index (χ0) is 13.9. The summed E-state index contributed by atoms with van der Waals surface area (Å²) in [6.45, 7) is 1.56. The van der Waals surface area contributed by atoms with E-state index in [1.165, 1.54) is 6.07 Å². The van der Waals surface area contributed by atoms with E-state index in [0.717, 1.165) is 0 Å². The van der Waals surface area contributed by atoms with Gasteiger partial charge in [0.1, 0.15) is 5.60 Å². The van der Waals surface area contributed by atoms with Crippen LogP contribution in [0.4, 0.5) is 5.69 Å². The Balaban J connectivity index is 1.97. The Kier molecular flexibility index (Phi) is 4.51. The summed E-state index contributed by atoms with van der Waals surface area (Å²) < 4.78 is 5.81. The van der Waals surface area contributed by atoms with Crippen molar-refractivity contribution in [3.63, 3.8) is 0 Å². The highest BCUT2D eigenvalue weighted by Gasteiger charge is 2.31. The van der Waals surface area contributed by atoms with Gasteiger partial charge in [-0.2, -0.15) is 0 Å². The number of nitrogens with zero attached hydrogens (tertiary/aromatic N) is 1. The zero-order valence-corrected chi connectivity index (χ0v) is 11.9. The molecule has 1 atom stereocenters. The van der Waals surface area contributed by atoms with Crippen molar-refractivity contribution in [2.75, 3.05) is 19.8 Å². The molecule has 1 aromatic carbocycles. The molecule has 1 aliphatic heterocycles. The van der Waals surface area contributed by atoms with Gasteiger partial charge in [0.2, 0.25) is 0 Å². The lowest BCUT2D eigenvalue weighted by Gasteiger charge is -2.20. The van der Waals surface area contributed by atoms with Crippen LogP contribution in [-0.2, 0) is 11.3 Å². The van der Waals surface area contributed by atoms with Gasteiger partial charge in [-0.25, -0.2) is 0 Å². The van der Waals surface area contributed by atoms with E-state index in [-0.39, 0.29) is 5.69 Å². The number of rotatable bonds is 5. The number of halogens is 1. The monoisotopic (exact) mass is 330 g/mol. The minimum absolute atomic E-state index is 0.0662. The number of ether oxygens (including phenoxy) is 1. The maximum atomic E-state index is 10.9. The van der Waals surface area contributed by atoms with Crippen molar-refractivity contribution in [2.45, 2.75) is 18.6 Å². The quantitative estimate of drug-likeness (QED) is 0.632. The fraction of sp³-hybridized carbons (Fsp3) is 0.500. The Morgan fingerprint density at radius 3 is 3.00 bits per heavy atom. The molecule has 0 aliphatic carbocycles. The molecule has 2 N–H and O–H groups in total. The minimum atomic E-state index is -0.857. The number of nitrogens with one attached hydrogen (secondary N) is 1. The molecule has 1 fully saturated rings. The van der Waals surface area contributed by atoms with Crippen molar-refractivity contribution in [3.8, 4) is 0 Å². The maximum absolute atomic E-state index is 10.9. The first kappa shape index (κ1) is 14.4. The molecule has 2 rings (SSSR count). The van der Waals surface area contributed by atoms with Crippen LogP contribution in [0.15, 0.2) is 22.7 Å². The van der Waals surface area contributed by atoms with Gasteiger partial charge in [-0.1, -0.05) is 15.9 Å². The van der Waals surface area contributed by atoms with Gasteiger partial charge in [0.25, 0.3) is 5.69 Å². The Labute approximate surface area is 119 Å². The summed E-state index contributed by atoms with van der Waals surface area (Å²) >= 11 is 3.21. The predicted molar refractivity (Wildman–Crippen MR) is 72.9 cm³/mol. The number of nitro groups is 1. The van der Waals surface area contributed by atoms with Gasteiger partial charge in [0.15, 0.2) is 0 Å². The molecule has 0 radical (unpaired) electrons. The van der Waals surface area contributed by atoms with Crippen molar-refractivity contribution in [2.24, 2.45) is 0 Å². The lowest BCUT2D eigenvalue weighted by molar-refractivity contribution is -0.385. The van der Waals surface area contributed by atoms with Crippen LogP contribution in [-0.4, -0.2) is 35.4 Å². The summed E-state index contributed by atoms with van der Waals surface area (Å²) in [5.41, 5.74) is -0.198. The largest absolute Gasteiger partial charge is 0.386 e.